The highest BCUT2D eigenvalue weighted by atomic mass is 32.2. The monoisotopic (exact) mass is 369 g/mol. The smallest absolute Gasteiger partial charge is 0.329 e. The standard InChI is InChI=1S/C10H12N4O4S.C5H11N/c1-3-14-6-7(11-10(14)19-4-5(15)16)13(2)9(18)12-8(6)17;1-2-4-6-5-3-1/h3-4H2,1-2H3,(H,15,16)(H,12,17,18);6H,1-5H2. The molecule has 25 heavy (non-hydrogen) atoms. The summed E-state index contributed by atoms with van der Waals surface area (Å²) in [6.45, 7) is 4.99. The summed E-state index contributed by atoms with van der Waals surface area (Å²) in [7, 11) is 1.49. The Kier molecular flexibility index (Phi) is 6.82. The predicted octanol–water partition coefficient (Wildman–Crippen LogP) is -1.98. The van der Waals surface area contributed by atoms with Crippen LogP contribution in [0.4, 0.5) is 0 Å². The van der Waals surface area contributed by atoms with Gasteiger partial charge in [0, 0.05) is 19.3 Å². The number of fused-ring (bicyclic) bond motifs is 1. The molecule has 0 saturated carbocycles. The van der Waals surface area contributed by atoms with Gasteiger partial charge in [0.1, 0.15) is 0 Å². The fourth-order valence-electron chi connectivity index (χ4n) is 2.64. The Morgan fingerprint density at radius 2 is 2.00 bits per heavy atom. The van der Waals surface area contributed by atoms with Gasteiger partial charge in [-0.1, -0.05) is 11.8 Å². The number of aromatic nitrogens is 4. The lowest BCUT2D eigenvalue weighted by molar-refractivity contribution is -0.662. The van der Waals surface area contributed by atoms with Crippen LogP contribution in [-0.4, -0.2) is 43.9 Å². The average molecular weight is 369 g/mol. The molecule has 0 amide bonds. The summed E-state index contributed by atoms with van der Waals surface area (Å²) in [5.41, 5.74) is -0.607. The van der Waals surface area contributed by atoms with Gasteiger partial charge >= 0.3 is 5.69 Å². The highest BCUT2D eigenvalue weighted by Crippen LogP contribution is 2.20. The maximum Gasteiger partial charge on any atom is 0.329 e. The number of aryl methyl sites for hydroxylation is 2. The molecule has 1 aliphatic heterocycles. The molecule has 3 rings (SSSR count). The molecule has 0 aliphatic carbocycles. The average Bonchev–Trinajstić information content (AvgIpc) is 2.99. The minimum atomic E-state index is -1.22. The zero-order valence-corrected chi connectivity index (χ0v) is 15.2. The van der Waals surface area contributed by atoms with Crippen molar-refractivity contribution in [2.24, 2.45) is 7.05 Å². The van der Waals surface area contributed by atoms with Crippen molar-refractivity contribution in [1.82, 2.24) is 19.1 Å². The van der Waals surface area contributed by atoms with E-state index in [4.69, 9.17) is 0 Å². The van der Waals surface area contributed by atoms with Crippen LogP contribution < -0.4 is 21.7 Å². The molecule has 1 saturated heterocycles. The molecule has 2 aromatic rings. The van der Waals surface area contributed by atoms with E-state index in [1.54, 1.807) is 11.5 Å². The third-order valence-electron chi connectivity index (χ3n) is 3.92. The topological polar surface area (TPSA) is 129 Å². The Morgan fingerprint density at radius 1 is 1.32 bits per heavy atom. The Balaban J connectivity index is 0.000000316. The number of nitrogens with zero attached hydrogens (tertiary/aromatic N) is 3. The number of hydrogen-bond acceptors (Lipinski definition) is 6. The molecule has 3 heterocycles. The highest BCUT2D eigenvalue weighted by molar-refractivity contribution is 7.99. The van der Waals surface area contributed by atoms with Gasteiger partial charge in [0.05, 0.1) is 19.1 Å². The molecule has 0 atom stereocenters. The molecular formula is C15H23N5O4S. The molecule has 0 aromatic carbocycles. The Hall–Kier alpha value is -2.07. The van der Waals surface area contributed by atoms with Gasteiger partial charge in [-0.15, -0.1) is 0 Å². The Labute approximate surface area is 148 Å². The van der Waals surface area contributed by atoms with E-state index in [-0.39, 0.29) is 16.9 Å². The second-order valence-electron chi connectivity index (χ2n) is 5.72. The number of carbonyl (C=O) groups is 1. The minimum Gasteiger partial charge on any atom is -0.549 e. The molecule has 0 bridgehead atoms. The fourth-order valence-corrected chi connectivity index (χ4v) is 3.41. The summed E-state index contributed by atoms with van der Waals surface area (Å²) >= 11 is 0.950. The number of aliphatic carboxylic acids is 1. The van der Waals surface area contributed by atoms with Crippen molar-refractivity contribution in [1.29, 1.82) is 0 Å². The van der Waals surface area contributed by atoms with Crippen molar-refractivity contribution < 1.29 is 15.2 Å². The number of carboxylic acids is 1. The minimum absolute atomic E-state index is 0.233. The van der Waals surface area contributed by atoms with Crippen molar-refractivity contribution >= 4 is 28.9 Å². The Morgan fingerprint density at radius 3 is 2.48 bits per heavy atom. The van der Waals surface area contributed by atoms with E-state index in [0.29, 0.717) is 11.7 Å². The SMILES string of the molecule is C1CC[NH2+]CC1.CCn1c(SCC(=O)[O-])nc2c1c(=O)[nH]c(=O)n2C. The maximum absolute atomic E-state index is 11.8. The summed E-state index contributed by atoms with van der Waals surface area (Å²) in [5, 5.41) is 13.2. The van der Waals surface area contributed by atoms with E-state index in [0.717, 1.165) is 11.8 Å². The molecule has 0 radical (unpaired) electrons. The Bertz CT molecular complexity index is 838. The molecule has 2 aromatic heterocycles. The number of quaternary nitrogens is 1. The van der Waals surface area contributed by atoms with Crippen LogP contribution in [0.2, 0.25) is 0 Å². The summed E-state index contributed by atoms with van der Waals surface area (Å²) in [4.78, 5) is 40.1. The van der Waals surface area contributed by atoms with Gasteiger partial charge in [0.25, 0.3) is 5.56 Å². The zero-order valence-electron chi connectivity index (χ0n) is 14.4. The van der Waals surface area contributed by atoms with Gasteiger partial charge in [-0.25, -0.2) is 9.78 Å². The number of piperidine rings is 1. The molecular weight excluding hydrogens is 346 g/mol. The number of aromatic amines is 1. The van der Waals surface area contributed by atoms with E-state index in [1.165, 1.54) is 44.0 Å². The van der Waals surface area contributed by atoms with Crippen LogP contribution in [0.3, 0.4) is 0 Å². The van der Waals surface area contributed by atoms with Crippen molar-refractivity contribution in [3.63, 3.8) is 0 Å². The van der Waals surface area contributed by atoms with Gasteiger partial charge in [0.15, 0.2) is 16.3 Å². The van der Waals surface area contributed by atoms with Crippen LogP contribution in [0.5, 0.6) is 0 Å². The van der Waals surface area contributed by atoms with Crippen LogP contribution in [-0.2, 0) is 18.4 Å². The third kappa shape index (κ3) is 4.73. The number of nitrogens with two attached hydrogens (primary N) is 1. The second-order valence-corrected chi connectivity index (χ2v) is 6.66. The van der Waals surface area contributed by atoms with Gasteiger partial charge in [-0.05, 0) is 26.2 Å². The molecule has 1 aliphatic rings. The normalized spacial score (nSPS) is 14.2. The molecule has 10 heteroatoms. The summed E-state index contributed by atoms with van der Waals surface area (Å²) in [5.74, 6) is -1.49. The van der Waals surface area contributed by atoms with E-state index in [2.05, 4.69) is 15.3 Å². The number of rotatable bonds is 4. The van der Waals surface area contributed by atoms with Crippen molar-refractivity contribution in [2.75, 3.05) is 18.8 Å². The van der Waals surface area contributed by atoms with Gasteiger partial charge < -0.3 is 19.8 Å². The van der Waals surface area contributed by atoms with Gasteiger partial charge in [-0.2, -0.15) is 0 Å². The van der Waals surface area contributed by atoms with Crippen LogP contribution in [0, 0.1) is 0 Å². The molecule has 1 fully saturated rings. The van der Waals surface area contributed by atoms with E-state index in [1.807, 2.05) is 0 Å². The number of nitrogens with one attached hydrogen (secondary N) is 1. The predicted molar refractivity (Wildman–Crippen MR) is 92.5 cm³/mol. The first-order valence-corrected chi connectivity index (χ1v) is 9.28. The molecule has 138 valence electrons. The van der Waals surface area contributed by atoms with Crippen LogP contribution in [0.15, 0.2) is 14.7 Å². The third-order valence-corrected chi connectivity index (χ3v) is 4.87. The van der Waals surface area contributed by atoms with Gasteiger partial charge in [-0.3, -0.25) is 14.3 Å². The van der Waals surface area contributed by atoms with Gasteiger partial charge in [0.2, 0.25) is 0 Å². The van der Waals surface area contributed by atoms with Crippen molar-refractivity contribution in [3.05, 3.63) is 20.8 Å². The summed E-state index contributed by atoms with van der Waals surface area (Å²) in [6, 6.07) is 0. The number of hydrogen-bond donors (Lipinski definition) is 2. The second kappa shape index (κ2) is 8.86. The lowest BCUT2D eigenvalue weighted by Crippen LogP contribution is -2.85. The number of thioether (sulfide) groups is 1. The number of imidazole rings is 1. The van der Waals surface area contributed by atoms with Crippen LogP contribution >= 0.6 is 11.8 Å². The van der Waals surface area contributed by atoms with Crippen LogP contribution in [0.25, 0.3) is 11.2 Å². The zero-order chi connectivity index (χ0) is 18.4. The lowest BCUT2D eigenvalue weighted by Gasteiger charge is -2.05. The van der Waals surface area contributed by atoms with Crippen molar-refractivity contribution in [2.45, 2.75) is 37.9 Å². The van der Waals surface area contributed by atoms with E-state index < -0.39 is 17.2 Å². The summed E-state index contributed by atoms with van der Waals surface area (Å²) < 4.78 is 2.78. The highest BCUT2D eigenvalue weighted by Gasteiger charge is 2.16. The molecule has 0 spiro atoms. The number of carbonyl (C=O) groups excluding carboxylic acids is 1. The molecule has 9 nitrogen and oxygen atoms in total. The molecule has 0 unspecified atom stereocenters. The molecule has 3 N–H and O–H groups in total. The lowest BCUT2D eigenvalue weighted by atomic mass is 10.2. The maximum atomic E-state index is 11.8. The largest absolute Gasteiger partial charge is 0.549 e. The first-order chi connectivity index (χ1) is 12.0. The summed E-state index contributed by atoms with van der Waals surface area (Å²) in [6.07, 6.45) is 4.36. The number of H-pyrrole nitrogens is 1. The first kappa shape index (κ1) is 19.3. The quantitative estimate of drug-likeness (QED) is 0.601. The van der Waals surface area contributed by atoms with Crippen LogP contribution in [0.1, 0.15) is 26.2 Å². The van der Waals surface area contributed by atoms with E-state index >= 15 is 0 Å². The van der Waals surface area contributed by atoms with E-state index in [9.17, 15) is 19.5 Å². The number of carboxylic acid groups (broad SMARTS) is 1. The first-order valence-electron chi connectivity index (χ1n) is 8.29. The fraction of sp³-hybridized carbons (Fsp3) is 0.600. The van der Waals surface area contributed by atoms with Crippen molar-refractivity contribution in [3.8, 4) is 0 Å².